The molecule has 41 heavy (non-hydrogen) atoms. The van der Waals surface area contributed by atoms with E-state index >= 15 is 0 Å². The molecular weight excluding hydrogens is 572 g/mol. The van der Waals surface area contributed by atoms with Gasteiger partial charge in [-0.1, -0.05) is 5.10 Å². The van der Waals surface area contributed by atoms with Crippen molar-refractivity contribution in [2.45, 2.75) is 63.8 Å². The summed E-state index contributed by atoms with van der Waals surface area (Å²) in [5.74, 6) is -0.973. The van der Waals surface area contributed by atoms with Gasteiger partial charge in [-0.15, -0.1) is 18.3 Å². The van der Waals surface area contributed by atoms with Crippen LogP contribution in [0.25, 0.3) is 0 Å². The second-order valence-corrected chi connectivity index (χ2v) is 9.73. The monoisotopic (exact) mass is 599 g/mol. The van der Waals surface area contributed by atoms with Gasteiger partial charge in [-0.2, -0.15) is 13.2 Å². The summed E-state index contributed by atoms with van der Waals surface area (Å²) in [6, 6.07) is 0.978. The van der Waals surface area contributed by atoms with Gasteiger partial charge in [0.15, 0.2) is 6.61 Å². The molecule has 1 aliphatic rings. The molecule has 0 unspecified atom stereocenters. The number of carbonyl (C=O) groups excluding carboxylic acids is 2. The fourth-order valence-electron chi connectivity index (χ4n) is 3.59. The van der Waals surface area contributed by atoms with Gasteiger partial charge >= 0.3 is 24.7 Å². The molecule has 0 aromatic carbocycles. The van der Waals surface area contributed by atoms with Gasteiger partial charge in [0.25, 0.3) is 5.91 Å². The molecule has 0 saturated carbocycles. The first-order chi connectivity index (χ1) is 19.0. The number of aromatic nitrogens is 3. The number of piperidine rings is 1. The number of amides is 2. The van der Waals surface area contributed by atoms with Crippen LogP contribution in [-0.4, -0.2) is 82.6 Å². The quantitative estimate of drug-likeness (QED) is 0.330. The van der Waals surface area contributed by atoms with Crippen LogP contribution in [0.4, 0.5) is 31.1 Å². The minimum absolute atomic E-state index is 0.0449. The van der Waals surface area contributed by atoms with Crippen LogP contribution in [0.5, 0.6) is 12.0 Å². The first-order valence-electron chi connectivity index (χ1n) is 12.1. The van der Waals surface area contributed by atoms with E-state index < -0.39 is 68.1 Å². The van der Waals surface area contributed by atoms with Gasteiger partial charge in [0.05, 0.1) is 12.2 Å². The van der Waals surface area contributed by atoms with Crippen molar-refractivity contribution in [3.63, 3.8) is 0 Å². The number of carbonyl (C=O) groups is 2. The number of nitrogens with zero attached hydrogens (tertiary/aromatic N) is 4. The molecule has 0 aliphatic carbocycles. The van der Waals surface area contributed by atoms with Gasteiger partial charge < -0.3 is 23.9 Å². The van der Waals surface area contributed by atoms with Crippen LogP contribution in [0.15, 0.2) is 22.7 Å². The Morgan fingerprint density at radius 1 is 1.05 bits per heavy atom. The predicted octanol–water partition coefficient (Wildman–Crippen LogP) is 4.19. The van der Waals surface area contributed by atoms with Crippen LogP contribution < -0.4 is 14.8 Å². The van der Waals surface area contributed by atoms with Gasteiger partial charge in [-0.3, -0.25) is 14.4 Å². The SMILES string of the molecule is CC(C)(C)OC(=O)N1C[C@@H](NC(=O)c2ccc(OCC(F)(F)F)nc2)CC[C@@H]1c1nnc(OCCOC(F)(F)F)o1. The Morgan fingerprint density at radius 3 is 2.39 bits per heavy atom. The number of alkyl halides is 6. The van der Waals surface area contributed by atoms with Gasteiger partial charge in [0, 0.05) is 24.8 Å². The van der Waals surface area contributed by atoms with Crippen molar-refractivity contribution in [3.05, 3.63) is 29.8 Å². The zero-order valence-corrected chi connectivity index (χ0v) is 22.0. The predicted molar refractivity (Wildman–Crippen MR) is 124 cm³/mol. The number of hydrogen-bond acceptors (Lipinski definition) is 10. The highest BCUT2D eigenvalue weighted by atomic mass is 19.4. The summed E-state index contributed by atoms with van der Waals surface area (Å²) in [7, 11) is 0. The van der Waals surface area contributed by atoms with Crippen molar-refractivity contribution in [1.82, 2.24) is 25.4 Å². The van der Waals surface area contributed by atoms with E-state index in [0.29, 0.717) is 6.42 Å². The normalized spacial score (nSPS) is 18.1. The lowest BCUT2D eigenvalue weighted by Gasteiger charge is -2.38. The fraction of sp³-hybridized carbons (Fsp3) is 0.609. The number of hydrogen-bond donors (Lipinski definition) is 1. The molecule has 2 aromatic rings. The lowest BCUT2D eigenvalue weighted by molar-refractivity contribution is -0.325. The zero-order valence-electron chi connectivity index (χ0n) is 22.0. The molecule has 3 rings (SSSR count). The third-order valence-electron chi connectivity index (χ3n) is 5.21. The Labute approximate surface area is 229 Å². The highest BCUT2D eigenvalue weighted by molar-refractivity contribution is 5.94. The Bertz CT molecular complexity index is 1170. The molecule has 0 radical (unpaired) electrons. The average Bonchev–Trinajstić information content (AvgIpc) is 3.32. The van der Waals surface area contributed by atoms with E-state index in [1.54, 1.807) is 20.8 Å². The zero-order chi connectivity index (χ0) is 30.4. The number of rotatable bonds is 9. The molecule has 0 spiro atoms. The third-order valence-corrected chi connectivity index (χ3v) is 5.21. The molecule has 2 aromatic heterocycles. The molecule has 228 valence electrons. The van der Waals surface area contributed by atoms with E-state index in [4.69, 9.17) is 13.9 Å². The van der Waals surface area contributed by atoms with Crippen molar-refractivity contribution in [1.29, 1.82) is 0 Å². The van der Waals surface area contributed by atoms with E-state index in [0.717, 1.165) is 12.3 Å². The Hall–Kier alpha value is -3.83. The number of likely N-dealkylation sites (tertiary alicyclic amines) is 1. The topological polar surface area (TPSA) is 138 Å². The molecule has 18 heteroatoms. The van der Waals surface area contributed by atoms with Crippen LogP contribution in [0, 0.1) is 0 Å². The van der Waals surface area contributed by atoms with Crippen LogP contribution in [0.1, 0.15) is 55.9 Å². The Balaban J connectivity index is 1.65. The molecule has 1 fully saturated rings. The van der Waals surface area contributed by atoms with Gasteiger partial charge in [0.2, 0.25) is 11.8 Å². The maximum atomic E-state index is 13.0. The molecule has 1 aliphatic heterocycles. The van der Waals surface area contributed by atoms with Gasteiger partial charge in [0.1, 0.15) is 18.2 Å². The van der Waals surface area contributed by atoms with E-state index in [1.165, 1.54) is 11.0 Å². The number of pyridine rings is 1. The lowest BCUT2D eigenvalue weighted by atomic mass is 9.98. The summed E-state index contributed by atoms with van der Waals surface area (Å²) >= 11 is 0. The highest BCUT2D eigenvalue weighted by Gasteiger charge is 2.39. The van der Waals surface area contributed by atoms with E-state index in [9.17, 15) is 35.9 Å². The van der Waals surface area contributed by atoms with E-state index in [-0.39, 0.29) is 30.3 Å². The fourth-order valence-corrected chi connectivity index (χ4v) is 3.59. The van der Waals surface area contributed by atoms with Crippen molar-refractivity contribution in [3.8, 4) is 12.0 Å². The van der Waals surface area contributed by atoms with E-state index in [2.05, 4.69) is 30.0 Å². The van der Waals surface area contributed by atoms with E-state index in [1.807, 2.05) is 0 Å². The molecule has 2 atom stereocenters. The smallest absolute Gasteiger partial charge is 0.468 e. The van der Waals surface area contributed by atoms with Crippen LogP contribution in [0.3, 0.4) is 0 Å². The average molecular weight is 599 g/mol. The van der Waals surface area contributed by atoms with Crippen LogP contribution in [0.2, 0.25) is 0 Å². The van der Waals surface area contributed by atoms with Gasteiger partial charge in [-0.25, -0.2) is 9.78 Å². The number of ether oxygens (including phenoxy) is 4. The Kier molecular flexibility index (Phi) is 9.88. The number of nitrogens with one attached hydrogen (secondary N) is 1. The largest absolute Gasteiger partial charge is 0.522 e. The van der Waals surface area contributed by atoms with Crippen LogP contribution in [-0.2, 0) is 9.47 Å². The Morgan fingerprint density at radius 2 is 1.78 bits per heavy atom. The molecule has 0 bridgehead atoms. The summed E-state index contributed by atoms with van der Waals surface area (Å²) in [6.45, 7) is 2.04. The van der Waals surface area contributed by atoms with Crippen molar-refractivity contribution in [2.24, 2.45) is 0 Å². The second-order valence-electron chi connectivity index (χ2n) is 9.73. The molecule has 12 nitrogen and oxygen atoms in total. The summed E-state index contributed by atoms with van der Waals surface area (Å²) < 4.78 is 97.2. The minimum Gasteiger partial charge on any atom is -0.468 e. The summed E-state index contributed by atoms with van der Waals surface area (Å²) in [5, 5.41) is 10.2. The lowest BCUT2D eigenvalue weighted by Crippen LogP contribution is -2.52. The summed E-state index contributed by atoms with van der Waals surface area (Å²) in [6.07, 6.45) is -8.96. The van der Waals surface area contributed by atoms with Crippen molar-refractivity contribution < 1.29 is 59.3 Å². The third kappa shape index (κ3) is 10.6. The first-order valence-corrected chi connectivity index (χ1v) is 12.1. The standard InChI is InChI=1S/C23H27F6N5O7/c1-21(2,3)41-20(36)34-11-14(31-17(35)13-4-7-16(30-10-13)38-12-22(24,25)26)5-6-15(34)18-32-33-19(40-18)37-8-9-39-23(27,28)29/h4,7,10,14-15H,5-6,8-9,11-12H2,1-3H3,(H,31,35)/t14-,15+/m0/s1. The molecular formula is C23H27F6N5O7. The van der Waals surface area contributed by atoms with Gasteiger partial charge in [-0.05, 0) is 39.7 Å². The second kappa shape index (κ2) is 12.8. The first kappa shape index (κ1) is 31.7. The summed E-state index contributed by atoms with van der Waals surface area (Å²) in [5.41, 5.74) is -0.829. The molecule has 1 N–H and O–H groups in total. The van der Waals surface area contributed by atoms with Crippen LogP contribution >= 0.6 is 0 Å². The highest BCUT2D eigenvalue weighted by Crippen LogP contribution is 2.33. The summed E-state index contributed by atoms with van der Waals surface area (Å²) in [4.78, 5) is 30.7. The molecule has 2 amide bonds. The molecule has 3 heterocycles. The minimum atomic E-state index is -4.82. The number of halogens is 6. The van der Waals surface area contributed by atoms with Crippen molar-refractivity contribution in [2.75, 3.05) is 26.4 Å². The maximum Gasteiger partial charge on any atom is 0.522 e. The molecule has 1 saturated heterocycles. The maximum absolute atomic E-state index is 13.0. The van der Waals surface area contributed by atoms with Crippen molar-refractivity contribution >= 4 is 12.0 Å².